The summed E-state index contributed by atoms with van der Waals surface area (Å²) in [6.07, 6.45) is 3.27. The van der Waals surface area contributed by atoms with Gasteiger partial charge in [-0.25, -0.2) is 4.39 Å². The normalized spacial score (nSPS) is 18.2. The number of amides is 1. The van der Waals surface area contributed by atoms with E-state index in [-0.39, 0.29) is 17.8 Å². The first-order chi connectivity index (χ1) is 15.2. The SMILES string of the molecule is O=C(c1n[nH]c2c1CCC2)N1CCOC(c2cc(CCOc3ccc(F)cc3)[nH]n2)C1. The van der Waals surface area contributed by atoms with E-state index in [4.69, 9.17) is 9.47 Å². The molecule has 1 amide bonds. The lowest BCUT2D eigenvalue weighted by atomic mass is 10.1. The molecule has 2 N–H and O–H groups in total. The molecule has 2 aromatic heterocycles. The van der Waals surface area contributed by atoms with Crippen molar-refractivity contribution >= 4 is 5.91 Å². The molecule has 0 spiro atoms. The van der Waals surface area contributed by atoms with E-state index in [1.807, 2.05) is 6.07 Å². The first-order valence-electron chi connectivity index (χ1n) is 10.6. The summed E-state index contributed by atoms with van der Waals surface area (Å²) in [7, 11) is 0. The lowest BCUT2D eigenvalue weighted by molar-refractivity contribution is -0.0249. The summed E-state index contributed by atoms with van der Waals surface area (Å²) >= 11 is 0. The van der Waals surface area contributed by atoms with Gasteiger partial charge in [0.2, 0.25) is 0 Å². The van der Waals surface area contributed by atoms with Gasteiger partial charge in [-0.3, -0.25) is 15.0 Å². The number of rotatable bonds is 6. The number of hydrogen-bond acceptors (Lipinski definition) is 5. The topological polar surface area (TPSA) is 96.1 Å². The number of benzene rings is 1. The van der Waals surface area contributed by atoms with Crippen molar-refractivity contribution in [3.05, 3.63) is 64.5 Å². The van der Waals surface area contributed by atoms with Gasteiger partial charge in [-0.05, 0) is 49.6 Å². The Labute approximate surface area is 178 Å². The summed E-state index contributed by atoms with van der Waals surface area (Å²) in [6, 6.07) is 7.88. The lowest BCUT2D eigenvalue weighted by Crippen LogP contribution is -2.42. The quantitative estimate of drug-likeness (QED) is 0.633. The standard InChI is InChI=1S/C22H24FN5O3/c23-14-4-6-16(7-5-14)30-10-8-15-12-19(26-24-15)20-13-28(9-11-31-20)22(29)21-17-2-1-3-18(17)25-27-21/h4-7,12,20H,1-3,8-11,13H2,(H,24,26)(H,25,27). The van der Waals surface area contributed by atoms with Crippen LogP contribution < -0.4 is 4.74 Å². The molecule has 1 aliphatic heterocycles. The average Bonchev–Trinajstić information content (AvgIpc) is 3.52. The number of nitrogens with zero attached hydrogens (tertiary/aromatic N) is 3. The predicted molar refractivity (Wildman–Crippen MR) is 109 cm³/mol. The number of morpholine rings is 1. The summed E-state index contributed by atoms with van der Waals surface area (Å²) in [5, 5.41) is 14.7. The zero-order valence-corrected chi connectivity index (χ0v) is 17.1. The Hall–Kier alpha value is -3.20. The molecular formula is C22H24FN5O3. The van der Waals surface area contributed by atoms with Crippen molar-refractivity contribution in [1.82, 2.24) is 25.3 Å². The third-order valence-corrected chi connectivity index (χ3v) is 5.80. The zero-order valence-electron chi connectivity index (χ0n) is 17.1. The van der Waals surface area contributed by atoms with Crippen molar-refractivity contribution in [1.29, 1.82) is 0 Å². The van der Waals surface area contributed by atoms with Gasteiger partial charge in [-0.2, -0.15) is 10.2 Å². The number of ether oxygens (including phenoxy) is 2. The first kappa shape index (κ1) is 19.7. The van der Waals surface area contributed by atoms with Crippen LogP contribution in [0.2, 0.25) is 0 Å². The molecule has 2 aliphatic rings. The van der Waals surface area contributed by atoms with E-state index in [0.29, 0.717) is 44.2 Å². The van der Waals surface area contributed by atoms with Crippen molar-refractivity contribution in [3.8, 4) is 5.75 Å². The van der Waals surface area contributed by atoms with Crippen molar-refractivity contribution < 1.29 is 18.7 Å². The van der Waals surface area contributed by atoms with Gasteiger partial charge in [0.05, 0.1) is 25.5 Å². The minimum Gasteiger partial charge on any atom is -0.493 e. The molecule has 1 unspecified atom stereocenters. The van der Waals surface area contributed by atoms with Crippen LogP contribution in [0.3, 0.4) is 0 Å². The molecule has 1 atom stereocenters. The molecule has 0 saturated carbocycles. The molecule has 0 radical (unpaired) electrons. The van der Waals surface area contributed by atoms with Gasteiger partial charge in [0, 0.05) is 29.9 Å². The fourth-order valence-corrected chi connectivity index (χ4v) is 4.14. The van der Waals surface area contributed by atoms with E-state index in [2.05, 4.69) is 20.4 Å². The highest BCUT2D eigenvalue weighted by Gasteiger charge is 2.31. The molecule has 5 rings (SSSR count). The van der Waals surface area contributed by atoms with Gasteiger partial charge in [-0.15, -0.1) is 0 Å². The average molecular weight is 425 g/mol. The van der Waals surface area contributed by atoms with Crippen molar-refractivity contribution in [2.75, 3.05) is 26.3 Å². The fraction of sp³-hybridized carbons (Fsp3) is 0.409. The van der Waals surface area contributed by atoms with Crippen LogP contribution in [-0.4, -0.2) is 57.5 Å². The van der Waals surface area contributed by atoms with Crippen LogP contribution in [0.4, 0.5) is 4.39 Å². The van der Waals surface area contributed by atoms with Crippen molar-refractivity contribution in [2.45, 2.75) is 31.8 Å². The Morgan fingerprint density at radius 2 is 2.10 bits per heavy atom. The highest BCUT2D eigenvalue weighted by Crippen LogP contribution is 2.26. The summed E-state index contributed by atoms with van der Waals surface area (Å²) in [6.45, 7) is 1.88. The third-order valence-electron chi connectivity index (χ3n) is 5.80. The van der Waals surface area contributed by atoms with Crippen LogP contribution >= 0.6 is 0 Å². The van der Waals surface area contributed by atoms with E-state index >= 15 is 0 Å². The van der Waals surface area contributed by atoms with Gasteiger partial charge in [-0.1, -0.05) is 0 Å². The maximum Gasteiger partial charge on any atom is 0.274 e. The van der Waals surface area contributed by atoms with E-state index < -0.39 is 0 Å². The number of aromatic nitrogens is 4. The molecule has 3 heterocycles. The number of halogens is 1. The fourth-order valence-electron chi connectivity index (χ4n) is 4.14. The number of H-pyrrole nitrogens is 2. The number of aromatic amines is 2. The Morgan fingerprint density at radius 1 is 1.23 bits per heavy atom. The first-order valence-corrected chi connectivity index (χ1v) is 10.6. The minimum atomic E-state index is -0.290. The molecular weight excluding hydrogens is 401 g/mol. The molecule has 3 aromatic rings. The third kappa shape index (κ3) is 4.18. The van der Waals surface area contributed by atoms with Gasteiger partial charge >= 0.3 is 0 Å². The molecule has 31 heavy (non-hydrogen) atoms. The van der Waals surface area contributed by atoms with Crippen LogP contribution in [-0.2, 0) is 24.0 Å². The monoisotopic (exact) mass is 425 g/mol. The van der Waals surface area contributed by atoms with Crippen molar-refractivity contribution in [2.24, 2.45) is 0 Å². The second-order valence-corrected chi connectivity index (χ2v) is 7.86. The summed E-state index contributed by atoms with van der Waals surface area (Å²) in [5.74, 6) is 0.286. The van der Waals surface area contributed by atoms with Gasteiger partial charge in [0.25, 0.3) is 5.91 Å². The summed E-state index contributed by atoms with van der Waals surface area (Å²) in [4.78, 5) is 14.8. The van der Waals surface area contributed by atoms with Gasteiger partial charge in [0.15, 0.2) is 5.69 Å². The minimum absolute atomic E-state index is 0.0452. The molecule has 1 aliphatic carbocycles. The number of nitrogens with one attached hydrogen (secondary N) is 2. The molecule has 0 bridgehead atoms. The number of aryl methyl sites for hydroxylation is 1. The Morgan fingerprint density at radius 3 is 2.97 bits per heavy atom. The highest BCUT2D eigenvalue weighted by molar-refractivity contribution is 5.94. The Balaban J connectivity index is 1.18. The van der Waals surface area contributed by atoms with Crippen LogP contribution in [0, 0.1) is 5.82 Å². The second-order valence-electron chi connectivity index (χ2n) is 7.86. The summed E-state index contributed by atoms with van der Waals surface area (Å²) in [5.41, 5.74) is 4.38. The van der Waals surface area contributed by atoms with E-state index in [1.165, 1.54) is 12.1 Å². The van der Waals surface area contributed by atoms with Crippen LogP contribution in [0.5, 0.6) is 5.75 Å². The van der Waals surface area contributed by atoms with E-state index in [1.54, 1.807) is 17.0 Å². The molecule has 162 valence electrons. The van der Waals surface area contributed by atoms with Gasteiger partial charge in [0.1, 0.15) is 17.7 Å². The van der Waals surface area contributed by atoms with Gasteiger partial charge < -0.3 is 14.4 Å². The van der Waals surface area contributed by atoms with E-state index in [0.717, 1.165) is 41.9 Å². The number of hydrogen-bond donors (Lipinski definition) is 2. The Kier molecular flexibility index (Phi) is 5.42. The number of fused-ring (bicyclic) bond motifs is 1. The molecule has 8 nitrogen and oxygen atoms in total. The maximum atomic E-state index is 13.0. The summed E-state index contributed by atoms with van der Waals surface area (Å²) < 4.78 is 24.5. The lowest BCUT2D eigenvalue weighted by Gasteiger charge is -2.31. The van der Waals surface area contributed by atoms with E-state index in [9.17, 15) is 9.18 Å². The zero-order chi connectivity index (χ0) is 21.2. The number of carbonyl (C=O) groups excluding carboxylic acids is 1. The predicted octanol–water partition coefficient (Wildman–Crippen LogP) is 2.60. The van der Waals surface area contributed by atoms with Crippen LogP contribution in [0.1, 0.15) is 45.7 Å². The molecule has 1 aromatic carbocycles. The second kappa shape index (κ2) is 8.50. The molecule has 1 saturated heterocycles. The Bertz CT molecular complexity index is 1060. The maximum absolute atomic E-state index is 13.0. The molecule has 1 fully saturated rings. The largest absolute Gasteiger partial charge is 0.493 e. The van der Waals surface area contributed by atoms with Crippen LogP contribution in [0.25, 0.3) is 0 Å². The molecule has 9 heteroatoms. The van der Waals surface area contributed by atoms with Crippen LogP contribution in [0.15, 0.2) is 30.3 Å². The number of carbonyl (C=O) groups is 1. The highest BCUT2D eigenvalue weighted by atomic mass is 19.1. The van der Waals surface area contributed by atoms with Crippen molar-refractivity contribution in [3.63, 3.8) is 0 Å². The smallest absolute Gasteiger partial charge is 0.274 e.